The highest BCUT2D eigenvalue weighted by Gasteiger charge is 2.32. The normalized spacial score (nSPS) is 19.3. The molecule has 2 heterocycles. The Balaban J connectivity index is 1.61. The summed E-state index contributed by atoms with van der Waals surface area (Å²) in [6.45, 7) is 0.903. The van der Waals surface area contributed by atoms with Gasteiger partial charge in [-0.1, -0.05) is 12.1 Å². The Morgan fingerprint density at radius 1 is 1.12 bits per heavy atom. The monoisotopic (exact) mass is 376 g/mol. The number of sulfonamides is 1. The molecule has 0 saturated carbocycles. The largest absolute Gasteiger partial charge is 0.243 e. The summed E-state index contributed by atoms with van der Waals surface area (Å²) in [5.41, 5.74) is 0.959. The van der Waals surface area contributed by atoms with Crippen LogP contribution < -0.4 is 0 Å². The summed E-state index contributed by atoms with van der Waals surface area (Å²) in [5.74, 6) is -0.341. The summed E-state index contributed by atoms with van der Waals surface area (Å²) in [6, 6.07) is 13.0. The average Bonchev–Trinajstić information content (AvgIpc) is 3.06. The van der Waals surface area contributed by atoms with Crippen molar-refractivity contribution in [3.63, 3.8) is 0 Å². The number of piperidine rings is 1. The SMILES string of the molecule is O=S(=O)(c1ccc(F)cc1)N1CCC[C@H](c2nc3ccccc3s2)C1. The van der Waals surface area contributed by atoms with Crippen LogP contribution in [-0.4, -0.2) is 30.8 Å². The van der Waals surface area contributed by atoms with E-state index >= 15 is 0 Å². The van der Waals surface area contributed by atoms with Crippen LogP contribution in [-0.2, 0) is 10.0 Å². The molecule has 0 bridgehead atoms. The third-order valence-electron chi connectivity index (χ3n) is 4.50. The van der Waals surface area contributed by atoms with Crippen molar-refractivity contribution in [2.24, 2.45) is 0 Å². The quantitative estimate of drug-likeness (QED) is 0.694. The van der Waals surface area contributed by atoms with Crippen LogP contribution in [0.4, 0.5) is 4.39 Å². The fourth-order valence-electron chi connectivity index (χ4n) is 3.18. The maximum atomic E-state index is 13.1. The molecule has 0 amide bonds. The van der Waals surface area contributed by atoms with Crippen molar-refractivity contribution in [1.29, 1.82) is 0 Å². The van der Waals surface area contributed by atoms with Crippen molar-refractivity contribution in [3.8, 4) is 0 Å². The molecule has 1 fully saturated rings. The van der Waals surface area contributed by atoms with E-state index in [1.54, 1.807) is 11.3 Å². The predicted octanol–water partition coefficient (Wildman–Crippen LogP) is 4.00. The topological polar surface area (TPSA) is 50.3 Å². The summed E-state index contributed by atoms with van der Waals surface area (Å²) in [6.07, 6.45) is 1.72. The van der Waals surface area contributed by atoms with Gasteiger partial charge in [0.25, 0.3) is 0 Å². The lowest BCUT2D eigenvalue weighted by atomic mass is 10.0. The molecule has 1 aromatic heterocycles. The van der Waals surface area contributed by atoms with Crippen LogP contribution in [0, 0.1) is 5.82 Å². The maximum Gasteiger partial charge on any atom is 0.243 e. The van der Waals surface area contributed by atoms with Gasteiger partial charge >= 0.3 is 0 Å². The van der Waals surface area contributed by atoms with E-state index < -0.39 is 15.8 Å². The molecule has 1 saturated heterocycles. The van der Waals surface area contributed by atoms with Gasteiger partial charge in [0.15, 0.2) is 0 Å². The lowest BCUT2D eigenvalue weighted by Crippen LogP contribution is -2.39. The number of rotatable bonds is 3. The zero-order chi connectivity index (χ0) is 17.4. The lowest BCUT2D eigenvalue weighted by Gasteiger charge is -2.30. The first-order valence-corrected chi connectivity index (χ1v) is 10.4. The van der Waals surface area contributed by atoms with Gasteiger partial charge in [0.2, 0.25) is 10.0 Å². The minimum absolute atomic E-state index is 0.0985. The summed E-state index contributed by atoms with van der Waals surface area (Å²) in [4.78, 5) is 4.82. The molecular weight excluding hydrogens is 359 g/mol. The molecule has 130 valence electrons. The number of fused-ring (bicyclic) bond motifs is 1. The first-order chi connectivity index (χ1) is 12.0. The van der Waals surface area contributed by atoms with Crippen molar-refractivity contribution in [2.75, 3.05) is 13.1 Å². The molecule has 1 aliphatic rings. The molecule has 0 spiro atoms. The van der Waals surface area contributed by atoms with Crippen LogP contribution >= 0.6 is 11.3 Å². The molecule has 2 aromatic carbocycles. The number of aromatic nitrogens is 1. The van der Waals surface area contributed by atoms with Gasteiger partial charge in [-0.2, -0.15) is 4.31 Å². The molecule has 4 rings (SSSR count). The van der Waals surface area contributed by atoms with Gasteiger partial charge in [-0.3, -0.25) is 0 Å². The van der Waals surface area contributed by atoms with Gasteiger partial charge in [-0.15, -0.1) is 11.3 Å². The number of hydrogen-bond acceptors (Lipinski definition) is 4. The summed E-state index contributed by atoms with van der Waals surface area (Å²) < 4.78 is 41.4. The Bertz CT molecular complexity index is 966. The predicted molar refractivity (Wildman–Crippen MR) is 96.8 cm³/mol. The third kappa shape index (κ3) is 3.19. The van der Waals surface area contributed by atoms with Crippen LogP contribution in [0.25, 0.3) is 10.2 Å². The molecule has 0 N–H and O–H groups in total. The number of hydrogen-bond donors (Lipinski definition) is 0. The fraction of sp³-hybridized carbons (Fsp3) is 0.278. The fourth-order valence-corrected chi connectivity index (χ4v) is 5.80. The molecule has 0 radical (unpaired) electrons. The zero-order valence-electron chi connectivity index (χ0n) is 13.4. The highest BCUT2D eigenvalue weighted by Crippen LogP contribution is 2.34. The van der Waals surface area contributed by atoms with Crippen LogP contribution in [0.3, 0.4) is 0 Å². The highest BCUT2D eigenvalue weighted by atomic mass is 32.2. The average molecular weight is 376 g/mol. The Hall–Kier alpha value is -1.83. The van der Waals surface area contributed by atoms with Gasteiger partial charge in [0.1, 0.15) is 5.82 Å². The van der Waals surface area contributed by atoms with E-state index in [0.29, 0.717) is 13.1 Å². The number of thiazole rings is 1. The summed E-state index contributed by atoms with van der Waals surface area (Å²) in [5, 5.41) is 0.986. The number of nitrogens with zero attached hydrogens (tertiary/aromatic N) is 2. The molecule has 3 aromatic rings. The van der Waals surface area contributed by atoms with E-state index in [-0.39, 0.29) is 10.8 Å². The van der Waals surface area contributed by atoms with E-state index in [1.165, 1.54) is 28.6 Å². The minimum Gasteiger partial charge on any atom is -0.241 e. The van der Waals surface area contributed by atoms with Gasteiger partial charge < -0.3 is 0 Å². The summed E-state index contributed by atoms with van der Waals surface area (Å²) >= 11 is 1.63. The Kier molecular flexibility index (Phi) is 4.31. The van der Waals surface area contributed by atoms with E-state index in [2.05, 4.69) is 4.98 Å². The second kappa shape index (κ2) is 6.48. The Morgan fingerprint density at radius 2 is 1.88 bits per heavy atom. The third-order valence-corrected chi connectivity index (χ3v) is 7.57. The Labute approximate surface area is 150 Å². The maximum absolute atomic E-state index is 13.1. The van der Waals surface area contributed by atoms with Crippen LogP contribution in [0.5, 0.6) is 0 Å². The zero-order valence-corrected chi connectivity index (χ0v) is 15.1. The number of halogens is 1. The Morgan fingerprint density at radius 3 is 2.64 bits per heavy atom. The molecule has 1 aliphatic heterocycles. The van der Waals surface area contributed by atoms with Crippen LogP contribution in [0.1, 0.15) is 23.8 Å². The van der Waals surface area contributed by atoms with Crippen molar-refractivity contribution in [2.45, 2.75) is 23.7 Å². The standard InChI is InChI=1S/C18H17FN2O2S2/c19-14-7-9-15(10-8-14)25(22,23)21-11-3-4-13(12-21)18-20-16-5-1-2-6-17(16)24-18/h1-2,5-10,13H,3-4,11-12H2/t13-/m0/s1. The van der Waals surface area contributed by atoms with E-state index in [1.807, 2.05) is 24.3 Å². The molecule has 0 aliphatic carbocycles. The van der Waals surface area contributed by atoms with Gasteiger partial charge in [0.05, 0.1) is 20.1 Å². The second-order valence-electron chi connectivity index (χ2n) is 6.18. The highest BCUT2D eigenvalue weighted by molar-refractivity contribution is 7.89. The van der Waals surface area contributed by atoms with Crippen molar-refractivity contribution in [1.82, 2.24) is 9.29 Å². The smallest absolute Gasteiger partial charge is 0.241 e. The molecule has 0 unspecified atom stereocenters. The van der Waals surface area contributed by atoms with E-state index in [4.69, 9.17) is 0 Å². The second-order valence-corrected chi connectivity index (χ2v) is 9.18. The van der Waals surface area contributed by atoms with E-state index in [9.17, 15) is 12.8 Å². The minimum atomic E-state index is -3.61. The van der Waals surface area contributed by atoms with Gasteiger partial charge in [0, 0.05) is 19.0 Å². The summed E-state index contributed by atoms with van der Waals surface area (Å²) in [7, 11) is -3.61. The van der Waals surface area contributed by atoms with Gasteiger partial charge in [-0.25, -0.2) is 17.8 Å². The van der Waals surface area contributed by atoms with Crippen molar-refractivity contribution >= 4 is 31.6 Å². The number of para-hydroxylation sites is 1. The van der Waals surface area contributed by atoms with Crippen LogP contribution in [0.2, 0.25) is 0 Å². The molecule has 7 heteroatoms. The van der Waals surface area contributed by atoms with Crippen LogP contribution in [0.15, 0.2) is 53.4 Å². The first kappa shape index (κ1) is 16.6. The lowest BCUT2D eigenvalue weighted by molar-refractivity contribution is 0.315. The first-order valence-electron chi connectivity index (χ1n) is 8.15. The van der Waals surface area contributed by atoms with Gasteiger partial charge in [-0.05, 0) is 49.2 Å². The number of benzene rings is 2. The molecular formula is C18H17FN2O2S2. The van der Waals surface area contributed by atoms with Crippen molar-refractivity contribution < 1.29 is 12.8 Å². The van der Waals surface area contributed by atoms with E-state index in [0.717, 1.165) is 28.1 Å². The van der Waals surface area contributed by atoms with Crippen molar-refractivity contribution in [3.05, 3.63) is 59.4 Å². The molecule has 4 nitrogen and oxygen atoms in total. The molecule has 25 heavy (non-hydrogen) atoms. The molecule has 1 atom stereocenters.